The summed E-state index contributed by atoms with van der Waals surface area (Å²) in [6, 6.07) is 103. The normalized spacial score (nSPS) is 11.6. The van der Waals surface area contributed by atoms with Crippen LogP contribution in [-0.2, 0) is 0 Å². The van der Waals surface area contributed by atoms with Crippen molar-refractivity contribution in [3.8, 4) is 27.9 Å². The lowest BCUT2D eigenvalue weighted by Gasteiger charge is -2.35. The second-order valence-electron chi connectivity index (χ2n) is 17.2. The third-order valence-electron chi connectivity index (χ3n) is 13.5. The number of rotatable bonds is 10. The molecule has 0 radical (unpaired) electrons. The minimum absolute atomic E-state index is 1.09. The molecule has 0 saturated heterocycles. The molecule has 12 aromatic rings. The Labute approximate surface area is 392 Å². The monoisotopic (exact) mass is 870 g/mol. The lowest BCUT2D eigenvalue weighted by atomic mass is 9.96. The van der Waals surface area contributed by atoms with Crippen molar-refractivity contribution in [2.75, 3.05) is 4.90 Å². The number of benzene rings is 11. The predicted molar refractivity (Wildman–Crippen MR) is 287 cm³/mol. The molecule has 0 N–H and O–H groups in total. The average Bonchev–Trinajstić information content (AvgIpc) is 3.76. The molecular formula is C64H46N2Si. The van der Waals surface area contributed by atoms with Gasteiger partial charge in [-0.2, -0.15) is 0 Å². The Balaban J connectivity index is 1.08. The van der Waals surface area contributed by atoms with Crippen molar-refractivity contribution < 1.29 is 0 Å². The van der Waals surface area contributed by atoms with Gasteiger partial charge in [0.1, 0.15) is 0 Å². The highest BCUT2D eigenvalue weighted by atomic mass is 28.3. The summed E-state index contributed by atoms with van der Waals surface area (Å²) >= 11 is 0. The highest BCUT2D eigenvalue weighted by molar-refractivity contribution is 7.19. The maximum absolute atomic E-state index is 2.84. The molecule has 0 aliphatic rings. The first-order valence-corrected chi connectivity index (χ1v) is 25.1. The fourth-order valence-electron chi connectivity index (χ4n) is 10.6. The van der Waals surface area contributed by atoms with Crippen LogP contribution in [0.1, 0.15) is 0 Å². The minimum Gasteiger partial charge on any atom is -0.310 e. The van der Waals surface area contributed by atoms with Gasteiger partial charge in [0.25, 0.3) is 0 Å². The molecule has 11 aromatic carbocycles. The van der Waals surface area contributed by atoms with Crippen LogP contribution in [0.15, 0.2) is 279 Å². The van der Waals surface area contributed by atoms with E-state index in [0.717, 1.165) is 22.7 Å². The molecule has 67 heavy (non-hydrogen) atoms. The number of aromatic nitrogens is 1. The van der Waals surface area contributed by atoms with Gasteiger partial charge in [-0.05, 0) is 103 Å². The van der Waals surface area contributed by atoms with Crippen LogP contribution >= 0.6 is 0 Å². The fourth-order valence-corrected chi connectivity index (χ4v) is 15.4. The van der Waals surface area contributed by atoms with E-state index in [0.29, 0.717) is 0 Å². The molecule has 1 aromatic heterocycles. The van der Waals surface area contributed by atoms with E-state index < -0.39 is 8.07 Å². The molecule has 0 spiro atoms. The Hall–Kier alpha value is -8.50. The molecule has 1 heterocycles. The summed E-state index contributed by atoms with van der Waals surface area (Å²) in [5.41, 5.74) is 11.7. The molecule has 0 amide bonds. The Morgan fingerprint density at radius 3 is 1.43 bits per heavy atom. The van der Waals surface area contributed by atoms with Gasteiger partial charge in [0.15, 0.2) is 8.07 Å². The summed E-state index contributed by atoms with van der Waals surface area (Å²) in [6.07, 6.45) is 0. The van der Waals surface area contributed by atoms with E-state index in [2.05, 4.69) is 289 Å². The Kier molecular flexibility index (Phi) is 10.2. The molecule has 0 atom stereocenters. The van der Waals surface area contributed by atoms with Crippen LogP contribution < -0.4 is 25.6 Å². The maximum Gasteiger partial charge on any atom is 0.179 e. The van der Waals surface area contributed by atoms with Gasteiger partial charge >= 0.3 is 0 Å². The van der Waals surface area contributed by atoms with Crippen molar-refractivity contribution in [3.05, 3.63) is 279 Å². The molecule has 0 bridgehead atoms. The van der Waals surface area contributed by atoms with E-state index in [1.807, 2.05) is 0 Å². The van der Waals surface area contributed by atoms with Crippen LogP contribution in [0, 0.1) is 0 Å². The van der Waals surface area contributed by atoms with Gasteiger partial charge in [-0.25, -0.2) is 0 Å². The number of nitrogens with zero attached hydrogens (tertiary/aromatic N) is 2. The van der Waals surface area contributed by atoms with Crippen molar-refractivity contribution in [1.29, 1.82) is 0 Å². The summed E-state index contributed by atoms with van der Waals surface area (Å²) in [5, 5.41) is 10.3. The van der Waals surface area contributed by atoms with Gasteiger partial charge in [-0.1, -0.05) is 224 Å². The predicted octanol–water partition coefficient (Wildman–Crippen LogP) is 14.1. The fraction of sp³-hybridized carbons (Fsp3) is 0. The molecule has 0 fully saturated rings. The summed E-state index contributed by atoms with van der Waals surface area (Å²) in [7, 11) is -2.84. The second-order valence-corrected chi connectivity index (χ2v) is 21.0. The van der Waals surface area contributed by atoms with Crippen LogP contribution in [0.25, 0.3) is 60.5 Å². The molecule has 0 saturated carbocycles. The van der Waals surface area contributed by atoms with E-state index in [4.69, 9.17) is 0 Å². The van der Waals surface area contributed by atoms with Crippen LogP contribution in [0.2, 0.25) is 0 Å². The van der Waals surface area contributed by atoms with Crippen LogP contribution in [0.5, 0.6) is 0 Å². The average molecular weight is 871 g/mol. The second kappa shape index (κ2) is 17.1. The molecule has 0 aliphatic heterocycles. The van der Waals surface area contributed by atoms with Crippen LogP contribution in [-0.4, -0.2) is 12.6 Å². The summed E-state index contributed by atoms with van der Waals surface area (Å²) in [4.78, 5) is 2.48. The molecule has 0 unspecified atom stereocenters. The number of para-hydroxylation sites is 2. The number of hydrogen-bond donors (Lipinski definition) is 0. The molecule has 0 aliphatic carbocycles. The SMILES string of the molecule is c1ccc(-c2ccc(N(c3ccc(-c4cccc5c4c4ccccc4n5-c4ccccc4)cc3)c3cccc([Si](c4ccccc4)(c4ccccc4)c4ccccc4)c3)c3ccccc23)cc1. The first-order valence-electron chi connectivity index (χ1n) is 23.1. The number of fused-ring (bicyclic) bond motifs is 4. The molecule has 316 valence electrons. The topological polar surface area (TPSA) is 8.17 Å². The third kappa shape index (κ3) is 6.87. The largest absolute Gasteiger partial charge is 0.310 e. The first-order chi connectivity index (χ1) is 33.3. The Morgan fingerprint density at radius 2 is 0.791 bits per heavy atom. The van der Waals surface area contributed by atoms with E-state index in [1.165, 1.54) is 75.6 Å². The van der Waals surface area contributed by atoms with Gasteiger partial charge in [0, 0.05) is 33.2 Å². The highest BCUT2D eigenvalue weighted by Gasteiger charge is 2.41. The van der Waals surface area contributed by atoms with E-state index in [-0.39, 0.29) is 0 Å². The van der Waals surface area contributed by atoms with Crippen LogP contribution in [0.4, 0.5) is 17.1 Å². The van der Waals surface area contributed by atoms with Gasteiger partial charge in [-0.3, -0.25) is 0 Å². The van der Waals surface area contributed by atoms with Crippen molar-refractivity contribution in [2.24, 2.45) is 0 Å². The minimum atomic E-state index is -2.84. The lowest BCUT2D eigenvalue weighted by molar-refractivity contribution is 1.18. The third-order valence-corrected chi connectivity index (χ3v) is 18.3. The lowest BCUT2D eigenvalue weighted by Crippen LogP contribution is -2.74. The Morgan fingerprint density at radius 1 is 0.299 bits per heavy atom. The van der Waals surface area contributed by atoms with Gasteiger partial charge < -0.3 is 9.47 Å². The standard InChI is InChI=1S/C64H46N2Si/c1-6-22-47(23-7-1)56-44-45-62(59-35-17-16-34-58(56)59)65(51-26-20-33-55(46-51)67(52-27-10-3-11-28-52,53-29-12-4-13-30-53)54-31-14-5-15-32-54)50-42-40-48(41-43-50)57-37-21-39-63-64(57)60-36-18-19-38-61(60)66(63)49-24-8-2-9-25-49/h1-46H. The van der Waals surface area contributed by atoms with E-state index in [9.17, 15) is 0 Å². The smallest absolute Gasteiger partial charge is 0.179 e. The van der Waals surface area contributed by atoms with Crippen molar-refractivity contribution in [2.45, 2.75) is 0 Å². The Bertz CT molecular complexity index is 3570. The zero-order chi connectivity index (χ0) is 44.6. The van der Waals surface area contributed by atoms with Gasteiger partial charge in [-0.15, -0.1) is 0 Å². The zero-order valence-corrected chi connectivity index (χ0v) is 38.0. The number of anilines is 3. The van der Waals surface area contributed by atoms with Crippen LogP contribution in [0.3, 0.4) is 0 Å². The summed E-state index contributed by atoms with van der Waals surface area (Å²) in [6.45, 7) is 0. The van der Waals surface area contributed by atoms with Gasteiger partial charge in [0.2, 0.25) is 0 Å². The van der Waals surface area contributed by atoms with Crippen molar-refractivity contribution in [1.82, 2.24) is 4.57 Å². The van der Waals surface area contributed by atoms with E-state index in [1.54, 1.807) is 0 Å². The molecule has 3 heteroatoms. The molecular weight excluding hydrogens is 825 g/mol. The van der Waals surface area contributed by atoms with Crippen molar-refractivity contribution >= 4 is 78.5 Å². The summed E-state index contributed by atoms with van der Waals surface area (Å²) in [5.74, 6) is 0. The highest BCUT2D eigenvalue weighted by Crippen LogP contribution is 2.44. The maximum atomic E-state index is 2.48. The zero-order valence-electron chi connectivity index (χ0n) is 37.0. The van der Waals surface area contributed by atoms with Crippen molar-refractivity contribution in [3.63, 3.8) is 0 Å². The quantitative estimate of drug-likeness (QED) is 0.0982. The number of hydrogen-bond acceptors (Lipinski definition) is 1. The molecule has 12 rings (SSSR count). The van der Waals surface area contributed by atoms with Gasteiger partial charge in [0.05, 0.1) is 16.7 Å². The first kappa shape index (κ1) is 40.0. The summed E-state index contributed by atoms with van der Waals surface area (Å²) < 4.78 is 2.39. The van der Waals surface area contributed by atoms with E-state index >= 15 is 0 Å². The molecule has 2 nitrogen and oxygen atoms in total.